The summed E-state index contributed by atoms with van der Waals surface area (Å²) in [6, 6.07) is 7.56. The van der Waals surface area contributed by atoms with Crippen LogP contribution in [0.25, 0.3) is 0 Å². The number of hydrogen-bond donors (Lipinski definition) is 0. The van der Waals surface area contributed by atoms with E-state index in [-0.39, 0.29) is 12.6 Å². The molecule has 0 spiro atoms. The predicted molar refractivity (Wildman–Crippen MR) is 62.5 cm³/mol. The first kappa shape index (κ1) is 12.6. The van der Waals surface area contributed by atoms with E-state index in [1.807, 2.05) is 45.0 Å². The van der Waals surface area contributed by atoms with Crippen LogP contribution in [0.15, 0.2) is 24.3 Å². The lowest BCUT2D eigenvalue weighted by Gasteiger charge is -2.08. The van der Waals surface area contributed by atoms with E-state index in [9.17, 15) is 4.79 Å². The second-order valence-electron chi connectivity index (χ2n) is 4.18. The molecule has 0 fully saturated rings. The fraction of sp³-hybridized carbons (Fsp3) is 0.462. The SMILES string of the molecule is Cc1ccc(OCC(=O)OCC(C)C)cc1. The van der Waals surface area contributed by atoms with Crippen LogP contribution in [0, 0.1) is 12.8 Å². The van der Waals surface area contributed by atoms with E-state index in [1.165, 1.54) is 0 Å². The standard InChI is InChI=1S/C13H18O3/c1-10(2)8-16-13(14)9-15-12-6-4-11(3)5-7-12/h4-7,10H,8-9H2,1-3H3. The third-order valence-corrected chi connectivity index (χ3v) is 1.96. The summed E-state index contributed by atoms with van der Waals surface area (Å²) in [7, 11) is 0. The van der Waals surface area contributed by atoms with Crippen LogP contribution in [0.3, 0.4) is 0 Å². The Morgan fingerprint density at radius 1 is 1.25 bits per heavy atom. The summed E-state index contributed by atoms with van der Waals surface area (Å²) < 4.78 is 10.3. The quantitative estimate of drug-likeness (QED) is 0.718. The minimum absolute atomic E-state index is 0.0320. The first-order valence-electron chi connectivity index (χ1n) is 5.43. The molecule has 3 nitrogen and oxygen atoms in total. The Hall–Kier alpha value is -1.51. The summed E-state index contributed by atoms with van der Waals surface area (Å²) in [6.45, 7) is 6.40. The monoisotopic (exact) mass is 222 g/mol. The van der Waals surface area contributed by atoms with Crippen LogP contribution in [0.5, 0.6) is 5.75 Å². The van der Waals surface area contributed by atoms with Crippen molar-refractivity contribution in [3.05, 3.63) is 29.8 Å². The fourth-order valence-corrected chi connectivity index (χ4v) is 1.08. The molecule has 0 aromatic heterocycles. The van der Waals surface area contributed by atoms with Crippen molar-refractivity contribution in [1.29, 1.82) is 0 Å². The van der Waals surface area contributed by atoms with E-state index in [1.54, 1.807) is 0 Å². The minimum atomic E-state index is -0.325. The minimum Gasteiger partial charge on any atom is -0.482 e. The van der Waals surface area contributed by atoms with Crippen LogP contribution in [0.4, 0.5) is 0 Å². The predicted octanol–water partition coefficient (Wildman–Crippen LogP) is 2.57. The van der Waals surface area contributed by atoms with Gasteiger partial charge in [-0.05, 0) is 25.0 Å². The average Bonchev–Trinajstić information content (AvgIpc) is 2.25. The van der Waals surface area contributed by atoms with Gasteiger partial charge in [0.15, 0.2) is 6.61 Å². The molecule has 0 saturated heterocycles. The van der Waals surface area contributed by atoms with Gasteiger partial charge in [0.25, 0.3) is 0 Å². The zero-order valence-electron chi connectivity index (χ0n) is 10.0. The maximum absolute atomic E-state index is 11.2. The highest BCUT2D eigenvalue weighted by molar-refractivity contribution is 5.71. The molecular weight excluding hydrogens is 204 g/mol. The molecule has 0 saturated carbocycles. The molecule has 0 radical (unpaired) electrons. The van der Waals surface area contributed by atoms with Gasteiger partial charge in [0.2, 0.25) is 0 Å². The number of ether oxygens (including phenoxy) is 2. The summed E-state index contributed by atoms with van der Waals surface area (Å²) in [5, 5.41) is 0. The van der Waals surface area contributed by atoms with E-state index in [0.29, 0.717) is 18.3 Å². The van der Waals surface area contributed by atoms with E-state index in [2.05, 4.69) is 0 Å². The lowest BCUT2D eigenvalue weighted by atomic mass is 10.2. The van der Waals surface area contributed by atoms with Gasteiger partial charge in [-0.1, -0.05) is 31.5 Å². The van der Waals surface area contributed by atoms with E-state index in [0.717, 1.165) is 5.56 Å². The maximum Gasteiger partial charge on any atom is 0.344 e. The van der Waals surface area contributed by atoms with Crippen molar-refractivity contribution in [2.24, 2.45) is 5.92 Å². The topological polar surface area (TPSA) is 35.5 Å². The average molecular weight is 222 g/mol. The molecule has 0 aliphatic rings. The zero-order chi connectivity index (χ0) is 12.0. The number of carbonyl (C=O) groups is 1. The lowest BCUT2D eigenvalue weighted by molar-refractivity contribution is -0.147. The maximum atomic E-state index is 11.2. The Labute approximate surface area is 96.4 Å². The Bertz CT molecular complexity index is 328. The second kappa shape index (κ2) is 6.16. The molecule has 88 valence electrons. The lowest BCUT2D eigenvalue weighted by Crippen LogP contribution is -2.17. The van der Waals surface area contributed by atoms with Crippen LogP contribution in [0.2, 0.25) is 0 Å². The third kappa shape index (κ3) is 4.82. The molecule has 0 atom stereocenters. The van der Waals surface area contributed by atoms with Crippen molar-refractivity contribution in [2.45, 2.75) is 20.8 Å². The van der Waals surface area contributed by atoms with Crippen molar-refractivity contribution < 1.29 is 14.3 Å². The molecule has 16 heavy (non-hydrogen) atoms. The molecule has 0 bridgehead atoms. The first-order chi connectivity index (χ1) is 7.58. The van der Waals surface area contributed by atoms with Crippen molar-refractivity contribution in [3.8, 4) is 5.75 Å². The van der Waals surface area contributed by atoms with Crippen molar-refractivity contribution in [1.82, 2.24) is 0 Å². The van der Waals surface area contributed by atoms with Gasteiger partial charge in [-0.3, -0.25) is 0 Å². The number of hydrogen-bond acceptors (Lipinski definition) is 3. The molecule has 0 aliphatic heterocycles. The normalized spacial score (nSPS) is 10.2. The Balaban J connectivity index is 2.29. The molecule has 0 unspecified atom stereocenters. The summed E-state index contributed by atoms with van der Waals surface area (Å²) in [6.07, 6.45) is 0. The number of esters is 1. The van der Waals surface area contributed by atoms with E-state index in [4.69, 9.17) is 9.47 Å². The molecular formula is C13H18O3. The Morgan fingerprint density at radius 2 is 1.88 bits per heavy atom. The fourth-order valence-electron chi connectivity index (χ4n) is 1.08. The molecule has 1 rings (SSSR count). The van der Waals surface area contributed by atoms with Gasteiger partial charge < -0.3 is 9.47 Å². The Kier molecular flexibility index (Phi) is 4.83. The number of benzene rings is 1. The number of carbonyl (C=O) groups excluding carboxylic acids is 1. The van der Waals surface area contributed by atoms with Crippen LogP contribution >= 0.6 is 0 Å². The van der Waals surface area contributed by atoms with Crippen LogP contribution in [0.1, 0.15) is 19.4 Å². The molecule has 0 amide bonds. The van der Waals surface area contributed by atoms with Gasteiger partial charge in [-0.25, -0.2) is 4.79 Å². The summed E-state index contributed by atoms with van der Waals surface area (Å²) >= 11 is 0. The molecule has 0 N–H and O–H groups in total. The van der Waals surface area contributed by atoms with Crippen molar-refractivity contribution in [3.63, 3.8) is 0 Å². The Morgan fingerprint density at radius 3 is 2.44 bits per heavy atom. The van der Waals surface area contributed by atoms with Gasteiger partial charge in [-0.2, -0.15) is 0 Å². The highest BCUT2D eigenvalue weighted by Crippen LogP contribution is 2.11. The van der Waals surface area contributed by atoms with Crippen LogP contribution in [-0.2, 0) is 9.53 Å². The third-order valence-electron chi connectivity index (χ3n) is 1.96. The van der Waals surface area contributed by atoms with Gasteiger partial charge in [0.1, 0.15) is 5.75 Å². The van der Waals surface area contributed by atoms with Crippen molar-refractivity contribution >= 4 is 5.97 Å². The van der Waals surface area contributed by atoms with Gasteiger partial charge in [0, 0.05) is 0 Å². The number of aryl methyl sites for hydroxylation is 1. The first-order valence-corrected chi connectivity index (χ1v) is 5.43. The molecule has 0 heterocycles. The summed E-state index contributed by atoms with van der Waals surface area (Å²) in [5.41, 5.74) is 1.16. The highest BCUT2D eigenvalue weighted by atomic mass is 16.6. The van der Waals surface area contributed by atoms with Gasteiger partial charge >= 0.3 is 5.97 Å². The summed E-state index contributed by atoms with van der Waals surface area (Å²) in [5.74, 6) is 0.713. The van der Waals surface area contributed by atoms with E-state index >= 15 is 0 Å². The number of rotatable bonds is 5. The second-order valence-corrected chi connectivity index (χ2v) is 4.18. The van der Waals surface area contributed by atoms with Crippen molar-refractivity contribution in [2.75, 3.05) is 13.2 Å². The van der Waals surface area contributed by atoms with Gasteiger partial charge in [0.05, 0.1) is 6.61 Å². The van der Waals surface area contributed by atoms with Crippen LogP contribution in [-0.4, -0.2) is 19.2 Å². The molecule has 3 heteroatoms. The smallest absolute Gasteiger partial charge is 0.344 e. The molecule has 1 aromatic rings. The highest BCUT2D eigenvalue weighted by Gasteiger charge is 2.05. The molecule has 0 aliphatic carbocycles. The largest absolute Gasteiger partial charge is 0.482 e. The van der Waals surface area contributed by atoms with Gasteiger partial charge in [-0.15, -0.1) is 0 Å². The molecule has 1 aromatic carbocycles. The summed E-state index contributed by atoms with van der Waals surface area (Å²) in [4.78, 5) is 11.2. The zero-order valence-corrected chi connectivity index (χ0v) is 10.0. The van der Waals surface area contributed by atoms with E-state index < -0.39 is 0 Å². The van der Waals surface area contributed by atoms with Crippen LogP contribution < -0.4 is 4.74 Å².